The van der Waals surface area contributed by atoms with Crippen LogP contribution in [0.2, 0.25) is 0 Å². The van der Waals surface area contributed by atoms with Gasteiger partial charge < -0.3 is 14.8 Å². The van der Waals surface area contributed by atoms with E-state index in [9.17, 15) is 9.18 Å². The molecule has 7 nitrogen and oxygen atoms in total. The second-order valence-electron chi connectivity index (χ2n) is 5.40. The third kappa shape index (κ3) is 3.87. The lowest BCUT2D eigenvalue weighted by molar-refractivity contribution is 0.193. The zero-order valence-corrected chi connectivity index (χ0v) is 13.8. The summed E-state index contributed by atoms with van der Waals surface area (Å²) in [5.74, 6) is 0.130. The van der Waals surface area contributed by atoms with Gasteiger partial charge in [0.15, 0.2) is 5.82 Å². The molecule has 0 aliphatic heterocycles. The molecule has 0 saturated carbocycles. The highest BCUT2D eigenvalue weighted by Gasteiger charge is 2.19. The number of rotatable bonds is 5. The van der Waals surface area contributed by atoms with Crippen LogP contribution in [0.5, 0.6) is 0 Å². The number of hydrogen-bond donors (Lipinski definition) is 1. The van der Waals surface area contributed by atoms with Crippen molar-refractivity contribution < 1.29 is 9.18 Å². The SMILES string of the molecule is CCN(Cc1ccc(C#N)cc1F)C(=O)NC(C)c1nncn1C. The number of nitrogens with one attached hydrogen (secondary N) is 1. The van der Waals surface area contributed by atoms with E-state index in [0.29, 0.717) is 17.9 Å². The van der Waals surface area contributed by atoms with Crippen LogP contribution in [0.25, 0.3) is 0 Å². The highest BCUT2D eigenvalue weighted by atomic mass is 19.1. The quantitative estimate of drug-likeness (QED) is 0.909. The number of aromatic nitrogens is 3. The van der Waals surface area contributed by atoms with Crippen LogP contribution in [0.1, 0.15) is 36.8 Å². The molecule has 2 rings (SSSR count). The summed E-state index contributed by atoms with van der Waals surface area (Å²) < 4.78 is 15.7. The second-order valence-corrected chi connectivity index (χ2v) is 5.40. The summed E-state index contributed by atoms with van der Waals surface area (Å²) in [6, 6.07) is 5.46. The molecule has 2 aromatic rings. The minimum atomic E-state index is -0.498. The zero-order valence-electron chi connectivity index (χ0n) is 13.8. The Morgan fingerprint density at radius 2 is 2.29 bits per heavy atom. The van der Waals surface area contributed by atoms with Crippen LogP contribution < -0.4 is 5.32 Å². The molecule has 0 saturated heterocycles. The topological polar surface area (TPSA) is 86.8 Å². The summed E-state index contributed by atoms with van der Waals surface area (Å²) in [6.45, 7) is 4.15. The lowest BCUT2D eigenvalue weighted by Gasteiger charge is -2.24. The van der Waals surface area contributed by atoms with Crippen LogP contribution in [-0.4, -0.2) is 32.2 Å². The molecular formula is C16H19FN6O. The Balaban J connectivity index is 2.07. The molecule has 1 N–H and O–H groups in total. The minimum Gasteiger partial charge on any atom is -0.328 e. The van der Waals surface area contributed by atoms with Crippen molar-refractivity contribution in [2.45, 2.75) is 26.4 Å². The van der Waals surface area contributed by atoms with E-state index < -0.39 is 5.82 Å². The first-order valence-corrected chi connectivity index (χ1v) is 7.54. The van der Waals surface area contributed by atoms with Crippen molar-refractivity contribution in [3.8, 4) is 6.07 Å². The molecule has 0 bridgehead atoms. The molecule has 1 aromatic carbocycles. The van der Waals surface area contributed by atoms with Crippen LogP contribution in [0.15, 0.2) is 24.5 Å². The molecule has 126 valence electrons. The normalized spacial score (nSPS) is 11.6. The second kappa shape index (κ2) is 7.55. The Kier molecular flexibility index (Phi) is 5.47. The van der Waals surface area contributed by atoms with Crippen molar-refractivity contribution in [2.24, 2.45) is 7.05 Å². The Morgan fingerprint density at radius 3 is 2.83 bits per heavy atom. The first-order chi connectivity index (χ1) is 11.5. The number of urea groups is 1. The Labute approximate surface area is 139 Å². The van der Waals surface area contributed by atoms with Crippen molar-refractivity contribution in [2.75, 3.05) is 6.54 Å². The molecule has 0 fully saturated rings. The number of aryl methyl sites for hydroxylation is 1. The van der Waals surface area contributed by atoms with E-state index in [1.54, 1.807) is 24.9 Å². The van der Waals surface area contributed by atoms with Crippen molar-refractivity contribution in [3.63, 3.8) is 0 Å². The van der Waals surface area contributed by atoms with Crippen LogP contribution in [0, 0.1) is 17.1 Å². The lowest BCUT2D eigenvalue weighted by Crippen LogP contribution is -2.41. The van der Waals surface area contributed by atoms with Gasteiger partial charge in [0.25, 0.3) is 0 Å². The lowest BCUT2D eigenvalue weighted by atomic mass is 10.1. The number of carbonyl (C=O) groups excluding carboxylic acids is 1. The summed E-state index contributed by atoms with van der Waals surface area (Å²) in [5, 5.41) is 19.3. The fourth-order valence-corrected chi connectivity index (χ4v) is 2.30. The van der Waals surface area contributed by atoms with E-state index in [1.807, 2.05) is 13.0 Å². The highest BCUT2D eigenvalue weighted by Crippen LogP contribution is 2.14. The van der Waals surface area contributed by atoms with Crippen LogP contribution in [0.4, 0.5) is 9.18 Å². The van der Waals surface area contributed by atoms with Crippen LogP contribution >= 0.6 is 0 Å². The molecule has 0 aliphatic carbocycles. The zero-order chi connectivity index (χ0) is 17.7. The van der Waals surface area contributed by atoms with E-state index >= 15 is 0 Å². The van der Waals surface area contributed by atoms with Gasteiger partial charge in [0.2, 0.25) is 0 Å². The number of amides is 2. The largest absolute Gasteiger partial charge is 0.328 e. The van der Waals surface area contributed by atoms with Gasteiger partial charge in [-0.2, -0.15) is 5.26 Å². The number of nitrogens with zero attached hydrogens (tertiary/aromatic N) is 5. The Hall–Kier alpha value is -2.95. The van der Waals surface area contributed by atoms with Crippen molar-refractivity contribution in [3.05, 3.63) is 47.3 Å². The minimum absolute atomic E-state index is 0.116. The average Bonchev–Trinajstić information content (AvgIpc) is 2.99. The maximum Gasteiger partial charge on any atom is 0.318 e. The van der Waals surface area contributed by atoms with Gasteiger partial charge in [0, 0.05) is 19.2 Å². The van der Waals surface area contributed by atoms with Crippen molar-refractivity contribution in [1.29, 1.82) is 5.26 Å². The van der Waals surface area contributed by atoms with Gasteiger partial charge >= 0.3 is 6.03 Å². The first kappa shape index (κ1) is 17.4. The van der Waals surface area contributed by atoms with E-state index in [0.717, 1.165) is 0 Å². The molecule has 1 heterocycles. The van der Waals surface area contributed by atoms with Gasteiger partial charge in [-0.05, 0) is 26.0 Å². The number of benzene rings is 1. The van der Waals surface area contributed by atoms with Crippen LogP contribution in [-0.2, 0) is 13.6 Å². The van der Waals surface area contributed by atoms with E-state index in [4.69, 9.17) is 5.26 Å². The maximum absolute atomic E-state index is 14.0. The fourth-order valence-electron chi connectivity index (χ4n) is 2.30. The number of halogens is 1. The highest BCUT2D eigenvalue weighted by molar-refractivity contribution is 5.74. The Morgan fingerprint density at radius 1 is 1.54 bits per heavy atom. The summed E-state index contributed by atoms with van der Waals surface area (Å²) >= 11 is 0. The van der Waals surface area contributed by atoms with E-state index in [2.05, 4.69) is 15.5 Å². The standard InChI is InChI=1S/C16H19FN6O/c1-4-23(9-13-6-5-12(8-18)7-14(13)17)16(24)20-11(2)15-21-19-10-22(15)3/h5-7,10-11H,4,9H2,1-3H3,(H,20,24). The predicted octanol–water partition coefficient (Wildman–Crippen LogP) is 2.12. The van der Waals surface area contributed by atoms with Crippen molar-refractivity contribution in [1.82, 2.24) is 25.0 Å². The molecule has 2 amide bonds. The number of carbonyl (C=O) groups is 1. The van der Waals surface area contributed by atoms with Crippen molar-refractivity contribution >= 4 is 6.03 Å². The van der Waals surface area contributed by atoms with Gasteiger partial charge in [0.1, 0.15) is 12.1 Å². The fraction of sp³-hybridized carbons (Fsp3) is 0.375. The summed E-state index contributed by atoms with van der Waals surface area (Å²) in [6.07, 6.45) is 1.56. The van der Waals surface area contributed by atoms with Gasteiger partial charge in [-0.25, -0.2) is 9.18 Å². The molecule has 0 spiro atoms. The molecular weight excluding hydrogens is 311 g/mol. The molecule has 24 heavy (non-hydrogen) atoms. The smallest absolute Gasteiger partial charge is 0.318 e. The first-order valence-electron chi connectivity index (χ1n) is 7.54. The van der Waals surface area contributed by atoms with Gasteiger partial charge in [0.05, 0.1) is 24.2 Å². The maximum atomic E-state index is 14.0. The number of nitriles is 1. The number of hydrogen-bond acceptors (Lipinski definition) is 4. The van der Waals surface area contributed by atoms with Gasteiger partial charge in [-0.15, -0.1) is 10.2 Å². The molecule has 1 unspecified atom stereocenters. The Bertz CT molecular complexity index is 766. The monoisotopic (exact) mass is 330 g/mol. The summed E-state index contributed by atoms with van der Waals surface area (Å²) in [4.78, 5) is 13.9. The average molecular weight is 330 g/mol. The third-order valence-corrected chi connectivity index (χ3v) is 3.69. The molecule has 8 heteroatoms. The summed E-state index contributed by atoms with van der Waals surface area (Å²) in [7, 11) is 1.79. The molecule has 1 aromatic heterocycles. The van der Waals surface area contributed by atoms with E-state index in [1.165, 1.54) is 23.1 Å². The summed E-state index contributed by atoms with van der Waals surface area (Å²) in [5.41, 5.74) is 0.608. The van der Waals surface area contributed by atoms with Gasteiger partial charge in [-0.3, -0.25) is 0 Å². The third-order valence-electron chi connectivity index (χ3n) is 3.69. The predicted molar refractivity (Wildman–Crippen MR) is 85.1 cm³/mol. The molecule has 0 radical (unpaired) electrons. The van der Waals surface area contributed by atoms with E-state index in [-0.39, 0.29) is 24.2 Å². The van der Waals surface area contributed by atoms with Crippen LogP contribution in [0.3, 0.4) is 0 Å². The van der Waals surface area contributed by atoms with Gasteiger partial charge in [-0.1, -0.05) is 6.07 Å². The molecule has 1 atom stereocenters. The molecule has 0 aliphatic rings.